The van der Waals surface area contributed by atoms with Crippen LogP contribution in [0.15, 0.2) is 42.5 Å². The minimum absolute atomic E-state index is 0.0192. The van der Waals surface area contributed by atoms with Crippen LogP contribution in [-0.4, -0.2) is 41.2 Å². The highest BCUT2D eigenvalue weighted by atomic mass is 16.5. The van der Waals surface area contributed by atoms with Crippen LogP contribution in [0.5, 0.6) is 11.5 Å². The highest BCUT2D eigenvalue weighted by molar-refractivity contribution is 6.00. The molecule has 0 aromatic heterocycles. The van der Waals surface area contributed by atoms with Gasteiger partial charge in [-0.3, -0.25) is 4.79 Å². The summed E-state index contributed by atoms with van der Waals surface area (Å²) in [6, 6.07) is 13.4. The summed E-state index contributed by atoms with van der Waals surface area (Å²) in [7, 11) is 0. The molecular formula is C20H21NO4. The number of benzene rings is 2. The first-order valence-electron chi connectivity index (χ1n) is 8.54. The number of phenolic OH excluding ortho intramolecular Hbond substituents is 1. The highest BCUT2D eigenvalue weighted by Crippen LogP contribution is 2.36. The van der Waals surface area contributed by atoms with Crippen molar-refractivity contribution in [3.05, 3.63) is 59.2 Å². The highest BCUT2D eigenvalue weighted by Gasteiger charge is 2.40. The second-order valence-electron chi connectivity index (χ2n) is 6.73. The van der Waals surface area contributed by atoms with Gasteiger partial charge in [-0.15, -0.1) is 0 Å². The minimum atomic E-state index is -0.180. The van der Waals surface area contributed by atoms with Crippen molar-refractivity contribution in [1.29, 1.82) is 0 Å². The van der Waals surface area contributed by atoms with Crippen molar-refractivity contribution < 1.29 is 19.4 Å². The molecule has 0 unspecified atom stereocenters. The summed E-state index contributed by atoms with van der Waals surface area (Å²) in [5.74, 6) is 0.272. The first-order chi connectivity index (χ1) is 12.1. The van der Waals surface area contributed by atoms with Crippen LogP contribution in [0.3, 0.4) is 0 Å². The number of hydrogen-bond acceptors (Lipinski definition) is 4. The molecule has 2 atom stereocenters. The van der Waals surface area contributed by atoms with Gasteiger partial charge in [0.1, 0.15) is 23.7 Å². The minimum Gasteiger partial charge on any atom is -0.507 e. The Kier molecular flexibility index (Phi) is 4.09. The number of aryl methyl sites for hydroxylation is 1. The third-order valence-corrected chi connectivity index (χ3v) is 4.84. The fraction of sp³-hybridized carbons (Fsp3) is 0.350. The Morgan fingerprint density at radius 2 is 2.08 bits per heavy atom. The topological polar surface area (TPSA) is 59.0 Å². The standard InChI is InChI=1S/C20H21NO4/c1-13-7-17(22)19-18(8-13)25-12-15-9-16(10-21(15)20(19)23)24-11-14-5-3-2-4-6-14/h2-8,15-16,22H,9-12H2,1H3/t15-,16+/m1/s1. The number of fused-ring (bicyclic) bond motifs is 2. The van der Waals surface area contributed by atoms with Gasteiger partial charge in [-0.2, -0.15) is 0 Å². The zero-order valence-corrected chi connectivity index (χ0v) is 14.1. The van der Waals surface area contributed by atoms with Crippen molar-refractivity contribution in [3.63, 3.8) is 0 Å². The van der Waals surface area contributed by atoms with Crippen LogP contribution in [0.2, 0.25) is 0 Å². The number of rotatable bonds is 3. The molecule has 1 amide bonds. The molecule has 4 rings (SSSR count). The Morgan fingerprint density at radius 1 is 1.28 bits per heavy atom. The maximum Gasteiger partial charge on any atom is 0.261 e. The molecule has 25 heavy (non-hydrogen) atoms. The molecule has 130 valence electrons. The predicted molar refractivity (Wildman–Crippen MR) is 92.8 cm³/mol. The maximum absolute atomic E-state index is 12.9. The number of phenols is 1. The number of carbonyl (C=O) groups is 1. The molecule has 5 nitrogen and oxygen atoms in total. The molecule has 0 spiro atoms. The van der Waals surface area contributed by atoms with Gasteiger partial charge in [0.2, 0.25) is 0 Å². The van der Waals surface area contributed by atoms with E-state index in [9.17, 15) is 9.90 Å². The molecule has 2 aliphatic heterocycles. The van der Waals surface area contributed by atoms with E-state index in [1.165, 1.54) is 0 Å². The molecule has 2 aromatic carbocycles. The summed E-state index contributed by atoms with van der Waals surface area (Å²) in [5, 5.41) is 10.2. The number of hydrogen-bond donors (Lipinski definition) is 1. The summed E-state index contributed by atoms with van der Waals surface area (Å²) in [4.78, 5) is 14.7. The molecule has 2 heterocycles. The van der Waals surface area contributed by atoms with Gasteiger partial charge in [0.15, 0.2) is 0 Å². The van der Waals surface area contributed by atoms with Crippen molar-refractivity contribution >= 4 is 5.91 Å². The van der Waals surface area contributed by atoms with Crippen LogP contribution in [0.1, 0.15) is 27.9 Å². The zero-order chi connectivity index (χ0) is 17.4. The summed E-state index contributed by atoms with van der Waals surface area (Å²) >= 11 is 0. The van der Waals surface area contributed by atoms with Gasteiger partial charge in [0.25, 0.3) is 5.91 Å². The van der Waals surface area contributed by atoms with Crippen LogP contribution in [0, 0.1) is 6.92 Å². The van der Waals surface area contributed by atoms with E-state index in [0.717, 1.165) is 17.5 Å². The van der Waals surface area contributed by atoms with Crippen molar-refractivity contribution in [2.24, 2.45) is 0 Å². The summed E-state index contributed by atoms with van der Waals surface area (Å²) < 4.78 is 11.8. The van der Waals surface area contributed by atoms with E-state index in [-0.39, 0.29) is 29.4 Å². The van der Waals surface area contributed by atoms with Crippen LogP contribution in [-0.2, 0) is 11.3 Å². The molecule has 0 aliphatic carbocycles. The van der Waals surface area contributed by atoms with Gasteiger partial charge in [-0.1, -0.05) is 30.3 Å². The van der Waals surface area contributed by atoms with E-state index < -0.39 is 0 Å². The number of amides is 1. The predicted octanol–water partition coefficient (Wildman–Crippen LogP) is 2.89. The van der Waals surface area contributed by atoms with E-state index in [4.69, 9.17) is 9.47 Å². The van der Waals surface area contributed by atoms with E-state index >= 15 is 0 Å². The summed E-state index contributed by atoms with van der Waals surface area (Å²) in [6.45, 7) is 3.34. The normalized spacial score (nSPS) is 22.1. The van der Waals surface area contributed by atoms with Gasteiger partial charge < -0.3 is 19.5 Å². The number of aromatic hydroxyl groups is 1. The molecule has 0 bridgehead atoms. The Labute approximate surface area is 146 Å². The summed E-state index contributed by atoms with van der Waals surface area (Å²) in [6.07, 6.45) is 0.721. The van der Waals surface area contributed by atoms with Gasteiger partial charge in [0, 0.05) is 6.54 Å². The first kappa shape index (κ1) is 16.0. The van der Waals surface area contributed by atoms with Crippen LogP contribution < -0.4 is 4.74 Å². The van der Waals surface area contributed by atoms with Gasteiger partial charge in [-0.05, 0) is 36.6 Å². The monoisotopic (exact) mass is 339 g/mol. The van der Waals surface area contributed by atoms with E-state index in [2.05, 4.69) is 0 Å². The lowest BCUT2D eigenvalue weighted by Crippen LogP contribution is -2.37. The lowest BCUT2D eigenvalue weighted by atomic mass is 10.1. The Hall–Kier alpha value is -2.53. The number of nitrogens with zero attached hydrogens (tertiary/aromatic N) is 1. The molecule has 1 N–H and O–H groups in total. The van der Waals surface area contributed by atoms with E-state index in [1.54, 1.807) is 17.0 Å². The first-order valence-corrected chi connectivity index (χ1v) is 8.54. The van der Waals surface area contributed by atoms with Crippen LogP contribution in [0.4, 0.5) is 0 Å². The van der Waals surface area contributed by atoms with Crippen LogP contribution in [0.25, 0.3) is 0 Å². The fourth-order valence-electron chi connectivity index (χ4n) is 3.58. The quantitative estimate of drug-likeness (QED) is 0.934. The molecule has 2 aromatic rings. The number of carbonyl (C=O) groups excluding carboxylic acids is 1. The SMILES string of the molecule is Cc1cc(O)c2c(c1)OC[C@H]1C[C@H](OCc3ccccc3)CN1C2=O. The smallest absolute Gasteiger partial charge is 0.261 e. The lowest BCUT2D eigenvalue weighted by Gasteiger charge is -2.20. The van der Waals surface area contributed by atoms with Gasteiger partial charge in [-0.25, -0.2) is 0 Å². The Balaban J connectivity index is 1.49. The molecule has 1 saturated heterocycles. The molecule has 0 saturated carbocycles. The third-order valence-electron chi connectivity index (χ3n) is 4.84. The maximum atomic E-state index is 12.9. The molecule has 5 heteroatoms. The fourth-order valence-corrected chi connectivity index (χ4v) is 3.58. The molecule has 2 aliphatic rings. The van der Waals surface area contributed by atoms with Crippen molar-refractivity contribution in [3.8, 4) is 11.5 Å². The van der Waals surface area contributed by atoms with Gasteiger partial charge in [0.05, 0.1) is 18.8 Å². The average Bonchev–Trinajstić information content (AvgIpc) is 2.96. The number of ether oxygens (including phenoxy) is 2. The molecule has 0 radical (unpaired) electrons. The summed E-state index contributed by atoms with van der Waals surface area (Å²) in [5.41, 5.74) is 2.25. The largest absolute Gasteiger partial charge is 0.507 e. The van der Waals surface area contributed by atoms with Crippen molar-refractivity contribution in [2.45, 2.75) is 32.1 Å². The van der Waals surface area contributed by atoms with Crippen LogP contribution >= 0.6 is 0 Å². The average molecular weight is 339 g/mol. The zero-order valence-electron chi connectivity index (χ0n) is 14.1. The van der Waals surface area contributed by atoms with Crippen molar-refractivity contribution in [2.75, 3.05) is 13.2 Å². The second-order valence-corrected chi connectivity index (χ2v) is 6.73. The van der Waals surface area contributed by atoms with Crippen molar-refractivity contribution in [1.82, 2.24) is 4.90 Å². The van der Waals surface area contributed by atoms with Gasteiger partial charge >= 0.3 is 0 Å². The third kappa shape index (κ3) is 3.07. The van der Waals surface area contributed by atoms with E-state index in [1.807, 2.05) is 37.3 Å². The Morgan fingerprint density at radius 3 is 2.88 bits per heavy atom. The lowest BCUT2D eigenvalue weighted by molar-refractivity contribution is 0.0436. The molecule has 1 fully saturated rings. The Bertz CT molecular complexity index is 790. The molecular weight excluding hydrogens is 318 g/mol. The second kappa shape index (κ2) is 6.41. The van der Waals surface area contributed by atoms with E-state index in [0.29, 0.717) is 25.5 Å².